The topological polar surface area (TPSA) is 24.4 Å². The molecule has 0 aromatic heterocycles. The van der Waals surface area contributed by atoms with E-state index in [0.717, 1.165) is 29.9 Å². The van der Waals surface area contributed by atoms with Gasteiger partial charge in [-0.2, -0.15) is 0 Å². The molecule has 0 bridgehead atoms. The van der Waals surface area contributed by atoms with Crippen LogP contribution in [0.1, 0.15) is 83.7 Å². The molecule has 2 nitrogen and oxygen atoms in total. The predicted molar refractivity (Wildman–Crippen MR) is 255 cm³/mol. The van der Waals surface area contributed by atoms with Crippen molar-refractivity contribution in [1.82, 2.24) is 5.32 Å². The summed E-state index contributed by atoms with van der Waals surface area (Å²) in [6.07, 6.45) is 2.17. The van der Waals surface area contributed by atoms with E-state index in [4.69, 9.17) is 4.99 Å². The molecule has 3 aliphatic rings. The van der Waals surface area contributed by atoms with Crippen LogP contribution in [0.15, 0.2) is 205 Å². The number of rotatable bonds is 8. The summed E-state index contributed by atoms with van der Waals surface area (Å²) in [6.45, 7) is 7.01. The molecule has 294 valence electrons. The molecule has 61 heavy (non-hydrogen) atoms. The Bertz CT molecular complexity index is 3030. The summed E-state index contributed by atoms with van der Waals surface area (Å²) in [5.74, 6) is 1.31. The summed E-state index contributed by atoms with van der Waals surface area (Å²) in [6, 6.07) is 71.4. The molecule has 0 fully saturated rings. The van der Waals surface area contributed by atoms with E-state index in [2.05, 4.69) is 220 Å². The summed E-state index contributed by atoms with van der Waals surface area (Å²) in [5, 5.41) is 3.85. The molecule has 0 spiro atoms. The van der Waals surface area contributed by atoms with Crippen LogP contribution in [0.3, 0.4) is 0 Å². The van der Waals surface area contributed by atoms with Gasteiger partial charge in [-0.25, -0.2) is 0 Å². The van der Waals surface area contributed by atoms with Crippen molar-refractivity contribution in [3.8, 4) is 44.5 Å². The smallest absolute Gasteiger partial charge is 0.133 e. The van der Waals surface area contributed by atoms with Gasteiger partial charge in [-0.3, -0.25) is 4.99 Å². The molecule has 0 radical (unpaired) electrons. The molecule has 11 rings (SSSR count). The fourth-order valence-corrected chi connectivity index (χ4v) is 10.4. The van der Waals surface area contributed by atoms with Crippen molar-refractivity contribution in [3.63, 3.8) is 0 Å². The summed E-state index contributed by atoms with van der Waals surface area (Å²) >= 11 is 0. The van der Waals surface area contributed by atoms with E-state index < -0.39 is 0 Å². The number of nitrogens with zero attached hydrogens (tertiary/aromatic N) is 1. The van der Waals surface area contributed by atoms with Gasteiger partial charge in [0.1, 0.15) is 11.9 Å². The maximum Gasteiger partial charge on any atom is 0.133 e. The lowest BCUT2D eigenvalue weighted by molar-refractivity contribution is 0.660. The maximum absolute atomic E-state index is 5.32. The summed E-state index contributed by atoms with van der Waals surface area (Å²) < 4.78 is 0. The second-order valence-corrected chi connectivity index (χ2v) is 17.5. The second-order valence-electron chi connectivity index (χ2n) is 17.5. The highest BCUT2D eigenvalue weighted by Gasteiger charge is 2.38. The first-order chi connectivity index (χ1) is 29.9. The Morgan fingerprint density at radius 1 is 0.492 bits per heavy atom. The van der Waals surface area contributed by atoms with Crippen LogP contribution in [0.4, 0.5) is 0 Å². The highest BCUT2D eigenvalue weighted by molar-refractivity contribution is 6.07. The molecule has 0 saturated heterocycles. The monoisotopic (exact) mass is 784 g/mol. The van der Waals surface area contributed by atoms with Gasteiger partial charge in [-0.15, -0.1) is 0 Å². The Kier molecular flexibility index (Phi) is 9.04. The number of hydrogen-bond acceptors (Lipinski definition) is 2. The maximum atomic E-state index is 5.32. The largest absolute Gasteiger partial charge is 0.339 e. The van der Waals surface area contributed by atoms with E-state index in [1.54, 1.807) is 0 Å². The third kappa shape index (κ3) is 6.37. The van der Waals surface area contributed by atoms with Gasteiger partial charge >= 0.3 is 0 Å². The highest BCUT2D eigenvalue weighted by atomic mass is 15.1. The minimum absolute atomic E-state index is 0.0893. The van der Waals surface area contributed by atoms with Gasteiger partial charge in [0.05, 0.1) is 0 Å². The SMILES string of the molecule is CC1=C(c2cccc3c2-c2ccc(-c4cccc(-c5ccc6c(c5)-c5ccccc5C6CCc5ccccc5)c4)cc2C3(C)C)NC(c2ccccc2)=NC1c1ccccc1. The molecule has 2 heteroatoms. The molecular weight excluding hydrogens is 737 g/mol. The Hall–Kier alpha value is -7.03. The van der Waals surface area contributed by atoms with Crippen molar-refractivity contribution in [1.29, 1.82) is 0 Å². The van der Waals surface area contributed by atoms with Crippen LogP contribution in [-0.2, 0) is 11.8 Å². The van der Waals surface area contributed by atoms with Gasteiger partial charge in [0.15, 0.2) is 0 Å². The Balaban J connectivity index is 0.946. The minimum atomic E-state index is -0.183. The predicted octanol–water partition coefficient (Wildman–Crippen LogP) is 14.6. The van der Waals surface area contributed by atoms with Crippen LogP contribution < -0.4 is 5.32 Å². The van der Waals surface area contributed by atoms with Crippen LogP contribution >= 0.6 is 0 Å². The van der Waals surface area contributed by atoms with Crippen LogP contribution in [0.2, 0.25) is 0 Å². The fourth-order valence-electron chi connectivity index (χ4n) is 10.4. The molecule has 1 aliphatic heterocycles. The lowest BCUT2D eigenvalue weighted by Gasteiger charge is -2.29. The fraction of sp³-hybridized carbons (Fsp3) is 0.136. The number of aliphatic imine (C=N–C) groups is 1. The number of aryl methyl sites for hydroxylation is 1. The lowest BCUT2D eigenvalue weighted by Crippen LogP contribution is -2.30. The van der Waals surface area contributed by atoms with Gasteiger partial charge in [0.25, 0.3) is 0 Å². The number of benzene rings is 8. The van der Waals surface area contributed by atoms with Crippen LogP contribution in [-0.4, -0.2) is 5.84 Å². The minimum Gasteiger partial charge on any atom is -0.339 e. The average Bonchev–Trinajstić information content (AvgIpc) is 3.76. The number of hydrogen-bond donors (Lipinski definition) is 1. The average molecular weight is 785 g/mol. The van der Waals surface area contributed by atoms with Crippen molar-refractivity contribution in [3.05, 3.63) is 244 Å². The molecule has 2 atom stereocenters. The van der Waals surface area contributed by atoms with Crippen molar-refractivity contribution in [2.75, 3.05) is 0 Å². The standard InChI is InChI=1S/C59H48N2/c1-38-56(40-19-9-5-10-20-40)60-58(41-21-11-6-12-22-41)61-57(38)51-27-16-28-53-55(51)50-34-31-45(37-54(50)59(53,2)3)43-24-15-23-42(35-43)44-30-33-49-48(32-29-39-17-7-4-8-18-39)46-25-13-14-26-47(46)52(49)36-44/h4-28,30-31,33-37,48,56H,29,32H2,1-3H3,(H,60,61). The van der Waals surface area contributed by atoms with E-state index in [-0.39, 0.29) is 11.5 Å². The van der Waals surface area contributed by atoms with Crippen LogP contribution in [0.5, 0.6) is 0 Å². The molecular formula is C59H48N2. The van der Waals surface area contributed by atoms with Crippen LogP contribution in [0.25, 0.3) is 50.2 Å². The first-order valence-electron chi connectivity index (χ1n) is 21.7. The van der Waals surface area contributed by atoms with Gasteiger partial charge in [-0.1, -0.05) is 190 Å². The molecule has 1 N–H and O–H groups in total. The summed E-state index contributed by atoms with van der Waals surface area (Å²) in [5.41, 5.74) is 23.0. The van der Waals surface area contributed by atoms with E-state index in [0.29, 0.717) is 5.92 Å². The second kappa shape index (κ2) is 14.9. The third-order valence-corrected chi connectivity index (χ3v) is 13.6. The molecule has 2 aliphatic carbocycles. The first kappa shape index (κ1) is 37.0. The molecule has 0 saturated carbocycles. The molecule has 2 unspecified atom stereocenters. The van der Waals surface area contributed by atoms with E-state index in [1.165, 1.54) is 89.0 Å². The quantitative estimate of drug-likeness (QED) is 0.163. The van der Waals surface area contributed by atoms with Crippen molar-refractivity contribution in [2.24, 2.45) is 4.99 Å². The number of nitrogens with one attached hydrogen (secondary N) is 1. The van der Waals surface area contributed by atoms with Crippen molar-refractivity contribution in [2.45, 2.75) is 51.0 Å². The summed E-state index contributed by atoms with van der Waals surface area (Å²) in [4.78, 5) is 5.32. The van der Waals surface area contributed by atoms with Gasteiger partial charge in [-0.05, 0) is 121 Å². The Labute approximate surface area is 360 Å². The Morgan fingerprint density at radius 3 is 1.89 bits per heavy atom. The van der Waals surface area contributed by atoms with Crippen LogP contribution in [0, 0.1) is 0 Å². The zero-order chi connectivity index (χ0) is 41.1. The molecule has 8 aromatic carbocycles. The molecule has 8 aromatic rings. The zero-order valence-corrected chi connectivity index (χ0v) is 35.0. The lowest BCUT2D eigenvalue weighted by atomic mass is 9.81. The summed E-state index contributed by atoms with van der Waals surface area (Å²) in [7, 11) is 0. The highest BCUT2D eigenvalue weighted by Crippen LogP contribution is 2.53. The number of amidine groups is 1. The zero-order valence-electron chi connectivity index (χ0n) is 35.0. The van der Waals surface area contributed by atoms with Gasteiger partial charge in [0.2, 0.25) is 0 Å². The molecule has 1 heterocycles. The van der Waals surface area contributed by atoms with E-state index in [9.17, 15) is 0 Å². The van der Waals surface area contributed by atoms with Gasteiger partial charge in [0, 0.05) is 28.2 Å². The van der Waals surface area contributed by atoms with Crippen molar-refractivity contribution >= 4 is 11.5 Å². The third-order valence-electron chi connectivity index (χ3n) is 13.6. The normalized spacial score (nSPS) is 16.9. The molecule has 0 amide bonds. The number of fused-ring (bicyclic) bond motifs is 6. The van der Waals surface area contributed by atoms with Gasteiger partial charge < -0.3 is 5.32 Å². The first-order valence-corrected chi connectivity index (χ1v) is 21.7. The Morgan fingerprint density at radius 2 is 1.10 bits per heavy atom. The van der Waals surface area contributed by atoms with E-state index in [1.807, 2.05) is 0 Å². The van der Waals surface area contributed by atoms with E-state index >= 15 is 0 Å². The van der Waals surface area contributed by atoms with Crippen molar-refractivity contribution < 1.29 is 0 Å².